The summed E-state index contributed by atoms with van der Waals surface area (Å²) >= 11 is 1.12. The summed E-state index contributed by atoms with van der Waals surface area (Å²) in [5.74, 6) is -3.09. The summed E-state index contributed by atoms with van der Waals surface area (Å²) in [7, 11) is 0. The average molecular weight is 341 g/mol. The summed E-state index contributed by atoms with van der Waals surface area (Å²) in [6.07, 6.45) is -0.429. The van der Waals surface area contributed by atoms with E-state index in [9.17, 15) is 23.5 Å². The van der Waals surface area contributed by atoms with Gasteiger partial charge in [0.05, 0.1) is 23.3 Å². The van der Waals surface area contributed by atoms with Gasteiger partial charge in [-0.25, -0.2) is 13.6 Å². The van der Waals surface area contributed by atoms with Gasteiger partial charge in [0.25, 0.3) is 0 Å². The number of aliphatic hydroxyl groups is 1. The Morgan fingerprint density at radius 1 is 1.39 bits per heavy atom. The van der Waals surface area contributed by atoms with Gasteiger partial charge in [-0.05, 0) is 19.9 Å². The minimum Gasteiger partial charge on any atom is -0.459 e. The van der Waals surface area contributed by atoms with Crippen LogP contribution in [0.5, 0.6) is 0 Å². The SMILES string of the molecule is CC(C)OC(=O)c1c2n(c3cc(F)c(F)cc3c1=O)C(CO)S2. The van der Waals surface area contributed by atoms with Gasteiger partial charge >= 0.3 is 5.97 Å². The van der Waals surface area contributed by atoms with Crippen molar-refractivity contribution in [1.29, 1.82) is 0 Å². The van der Waals surface area contributed by atoms with Crippen LogP contribution in [0.2, 0.25) is 0 Å². The highest BCUT2D eigenvalue weighted by Crippen LogP contribution is 2.46. The fourth-order valence-corrected chi connectivity index (χ4v) is 3.61. The fraction of sp³-hybridized carbons (Fsp3) is 0.333. The van der Waals surface area contributed by atoms with E-state index >= 15 is 0 Å². The zero-order valence-electron chi connectivity index (χ0n) is 12.3. The van der Waals surface area contributed by atoms with Gasteiger partial charge in [0.15, 0.2) is 11.6 Å². The number of thioether (sulfide) groups is 1. The number of rotatable bonds is 3. The Balaban J connectivity index is 2.33. The lowest BCUT2D eigenvalue weighted by molar-refractivity contribution is 0.0369. The molecular weight excluding hydrogens is 328 g/mol. The predicted octanol–water partition coefficient (Wildman–Crippen LogP) is 2.44. The largest absolute Gasteiger partial charge is 0.459 e. The van der Waals surface area contributed by atoms with Crippen molar-refractivity contribution in [3.05, 3.63) is 39.6 Å². The summed E-state index contributed by atoms with van der Waals surface area (Å²) in [4.78, 5) is 24.7. The molecule has 23 heavy (non-hydrogen) atoms. The monoisotopic (exact) mass is 341 g/mol. The van der Waals surface area contributed by atoms with E-state index in [0.29, 0.717) is 5.03 Å². The number of halogens is 2. The van der Waals surface area contributed by atoms with E-state index in [1.54, 1.807) is 13.8 Å². The fourth-order valence-electron chi connectivity index (χ4n) is 2.49. The van der Waals surface area contributed by atoms with E-state index < -0.39 is 34.5 Å². The van der Waals surface area contributed by atoms with E-state index in [-0.39, 0.29) is 23.1 Å². The Kier molecular flexibility index (Phi) is 3.89. The normalized spacial score (nSPS) is 16.3. The first kappa shape index (κ1) is 15.9. The van der Waals surface area contributed by atoms with E-state index in [4.69, 9.17) is 4.74 Å². The molecule has 2 aromatic rings. The third-order valence-electron chi connectivity index (χ3n) is 3.44. The number of carbonyl (C=O) groups excluding carboxylic acids is 1. The summed E-state index contributed by atoms with van der Waals surface area (Å²) in [5, 5.41) is 9.05. The Labute approximate surface area is 133 Å². The molecule has 0 radical (unpaired) electrons. The quantitative estimate of drug-likeness (QED) is 0.869. The number of aromatic nitrogens is 1. The highest BCUT2D eigenvalue weighted by Gasteiger charge is 2.35. The highest BCUT2D eigenvalue weighted by molar-refractivity contribution is 8.00. The second-order valence-electron chi connectivity index (χ2n) is 5.37. The van der Waals surface area contributed by atoms with Crippen molar-refractivity contribution in [2.75, 3.05) is 6.61 Å². The van der Waals surface area contributed by atoms with Crippen molar-refractivity contribution < 1.29 is 23.4 Å². The number of esters is 1. The van der Waals surface area contributed by atoms with Crippen molar-refractivity contribution in [2.24, 2.45) is 0 Å². The summed E-state index contributed by atoms with van der Waals surface area (Å²) in [5.41, 5.74) is -0.783. The Bertz CT molecular complexity index is 878. The zero-order valence-corrected chi connectivity index (χ0v) is 13.1. The molecule has 0 saturated carbocycles. The maximum absolute atomic E-state index is 13.5. The lowest BCUT2D eigenvalue weighted by atomic mass is 10.1. The molecule has 122 valence electrons. The summed E-state index contributed by atoms with van der Waals surface area (Å²) < 4.78 is 33.6. The van der Waals surface area contributed by atoms with Gasteiger partial charge in [-0.2, -0.15) is 0 Å². The molecule has 5 nitrogen and oxygen atoms in total. The molecule has 1 atom stereocenters. The van der Waals surface area contributed by atoms with Crippen LogP contribution in [0, 0.1) is 11.6 Å². The molecule has 0 spiro atoms. The molecule has 1 aliphatic rings. The third kappa shape index (κ3) is 2.42. The van der Waals surface area contributed by atoms with Crippen LogP contribution in [0.25, 0.3) is 10.9 Å². The Hall–Kier alpha value is -1.93. The molecule has 8 heteroatoms. The minimum atomic E-state index is -1.18. The molecule has 1 aromatic carbocycles. The van der Waals surface area contributed by atoms with E-state index in [2.05, 4.69) is 0 Å². The first-order valence-electron chi connectivity index (χ1n) is 6.91. The molecule has 1 N–H and O–H groups in total. The van der Waals surface area contributed by atoms with Crippen LogP contribution in [0.15, 0.2) is 22.0 Å². The van der Waals surface area contributed by atoms with Crippen LogP contribution in [0.4, 0.5) is 8.78 Å². The number of ether oxygens (including phenoxy) is 1. The van der Waals surface area contributed by atoms with Crippen LogP contribution in [-0.2, 0) is 4.74 Å². The highest BCUT2D eigenvalue weighted by atomic mass is 32.2. The van der Waals surface area contributed by atoms with Crippen molar-refractivity contribution in [2.45, 2.75) is 30.4 Å². The molecule has 1 aliphatic heterocycles. The molecule has 0 fully saturated rings. The standard InChI is InChI=1S/C15H13F2NO4S/c1-6(2)22-15(21)12-13(20)7-3-8(16)9(17)4-10(7)18-11(5-19)23-14(12)18/h3-4,6,11,19H,5H2,1-2H3. The minimum absolute atomic E-state index is 0.123. The first-order chi connectivity index (χ1) is 10.8. The number of pyridine rings is 1. The van der Waals surface area contributed by atoms with Gasteiger partial charge in [0, 0.05) is 11.5 Å². The van der Waals surface area contributed by atoms with Gasteiger partial charge in [0.2, 0.25) is 5.43 Å². The lowest BCUT2D eigenvalue weighted by Gasteiger charge is -2.34. The van der Waals surface area contributed by atoms with Gasteiger partial charge in [-0.3, -0.25) is 4.79 Å². The van der Waals surface area contributed by atoms with Crippen molar-refractivity contribution in [1.82, 2.24) is 4.57 Å². The van der Waals surface area contributed by atoms with E-state index in [1.165, 1.54) is 4.57 Å². The number of carbonyl (C=O) groups is 1. The Morgan fingerprint density at radius 3 is 2.65 bits per heavy atom. The molecule has 1 aromatic heterocycles. The number of nitrogens with zero attached hydrogens (tertiary/aromatic N) is 1. The zero-order chi connectivity index (χ0) is 16.9. The molecule has 0 amide bonds. The number of aliphatic hydroxyl groups excluding tert-OH is 1. The molecule has 2 heterocycles. The molecule has 0 saturated heterocycles. The van der Waals surface area contributed by atoms with Gasteiger partial charge in [0.1, 0.15) is 10.9 Å². The van der Waals surface area contributed by atoms with E-state index in [0.717, 1.165) is 23.9 Å². The summed E-state index contributed by atoms with van der Waals surface area (Å²) in [6.45, 7) is 3.01. The molecular formula is C15H13F2NO4S. The van der Waals surface area contributed by atoms with E-state index in [1.807, 2.05) is 0 Å². The van der Waals surface area contributed by atoms with Crippen LogP contribution in [0.1, 0.15) is 29.6 Å². The second kappa shape index (κ2) is 5.61. The maximum atomic E-state index is 13.5. The Morgan fingerprint density at radius 2 is 2.04 bits per heavy atom. The maximum Gasteiger partial charge on any atom is 0.345 e. The van der Waals surface area contributed by atoms with Crippen LogP contribution in [0.3, 0.4) is 0 Å². The average Bonchev–Trinajstić information content (AvgIpc) is 2.43. The number of fused-ring (bicyclic) bond motifs is 3. The number of benzene rings is 1. The summed E-state index contributed by atoms with van der Waals surface area (Å²) in [6, 6.07) is 1.67. The van der Waals surface area contributed by atoms with Crippen molar-refractivity contribution in [3.8, 4) is 0 Å². The smallest absolute Gasteiger partial charge is 0.345 e. The van der Waals surface area contributed by atoms with Gasteiger partial charge < -0.3 is 14.4 Å². The van der Waals surface area contributed by atoms with Crippen LogP contribution < -0.4 is 5.43 Å². The van der Waals surface area contributed by atoms with Crippen LogP contribution in [-0.4, -0.2) is 28.4 Å². The van der Waals surface area contributed by atoms with Crippen molar-refractivity contribution in [3.63, 3.8) is 0 Å². The van der Waals surface area contributed by atoms with Gasteiger partial charge in [-0.1, -0.05) is 11.8 Å². The number of hydrogen-bond donors (Lipinski definition) is 1. The first-order valence-corrected chi connectivity index (χ1v) is 7.78. The lowest BCUT2D eigenvalue weighted by Crippen LogP contribution is -2.32. The molecule has 1 unspecified atom stereocenters. The van der Waals surface area contributed by atoms with Crippen molar-refractivity contribution >= 4 is 28.6 Å². The predicted molar refractivity (Wildman–Crippen MR) is 80.7 cm³/mol. The number of hydrogen-bond acceptors (Lipinski definition) is 5. The third-order valence-corrected chi connectivity index (χ3v) is 4.70. The second-order valence-corrected chi connectivity index (χ2v) is 6.54. The molecule has 0 bridgehead atoms. The molecule has 0 aliphatic carbocycles. The topological polar surface area (TPSA) is 68.5 Å². The van der Waals surface area contributed by atoms with Crippen LogP contribution >= 0.6 is 11.8 Å². The molecule has 3 rings (SSSR count). The van der Waals surface area contributed by atoms with Gasteiger partial charge in [-0.15, -0.1) is 0 Å².